The van der Waals surface area contributed by atoms with Gasteiger partial charge in [-0.2, -0.15) is 0 Å². The summed E-state index contributed by atoms with van der Waals surface area (Å²) in [7, 11) is 0. The van der Waals surface area contributed by atoms with Crippen LogP contribution >= 0.6 is 0 Å². The lowest BCUT2D eigenvalue weighted by atomic mass is 9.98. The standard InChI is InChI=1S/C56H102O14/c1-3-5-7-9-11-13-15-17-19-21-23-25-27-29-31-33-35-37-39-48(58)68-45(42-65-40-38-36-34-32-30-28-26-24-22-20-18-16-14-12-10-8-6-4-2)43-66-55-54(64)52(62)50(60)47(70-55)44-67-56-53(63)51(61)49(59)46(41-57)69-56/h13,15,18-21,45-47,49-57,59-64H,3-12,14,16-17,22-44H2,1-2H3/b15-13-,20-18-,21-19-. The van der Waals surface area contributed by atoms with Crippen LogP contribution in [0, 0.1) is 0 Å². The molecule has 0 aliphatic carbocycles. The molecule has 0 amide bonds. The number of carbonyl (C=O) groups is 1. The van der Waals surface area contributed by atoms with E-state index in [-0.39, 0.29) is 25.6 Å². The van der Waals surface area contributed by atoms with E-state index in [9.17, 15) is 40.5 Å². The minimum Gasteiger partial charge on any atom is -0.457 e. The van der Waals surface area contributed by atoms with Crippen LogP contribution in [0.15, 0.2) is 36.5 Å². The number of hydrogen-bond donors (Lipinski definition) is 7. The van der Waals surface area contributed by atoms with Gasteiger partial charge in [0.05, 0.1) is 26.4 Å². The predicted molar refractivity (Wildman–Crippen MR) is 275 cm³/mol. The first-order valence-electron chi connectivity index (χ1n) is 28.1. The minimum atomic E-state index is -1.71. The van der Waals surface area contributed by atoms with Crippen LogP contribution in [0.3, 0.4) is 0 Å². The van der Waals surface area contributed by atoms with Crippen LogP contribution in [0.4, 0.5) is 0 Å². The maximum absolute atomic E-state index is 13.0. The number of rotatable bonds is 45. The predicted octanol–water partition coefficient (Wildman–Crippen LogP) is 9.36. The van der Waals surface area contributed by atoms with Crippen molar-refractivity contribution in [3.8, 4) is 0 Å². The van der Waals surface area contributed by atoms with Crippen LogP contribution in [-0.4, -0.2) is 142 Å². The van der Waals surface area contributed by atoms with Crippen molar-refractivity contribution in [3.05, 3.63) is 36.5 Å². The van der Waals surface area contributed by atoms with E-state index in [1.807, 2.05) is 0 Å². The molecule has 7 N–H and O–H groups in total. The highest BCUT2D eigenvalue weighted by Gasteiger charge is 2.47. The third-order valence-electron chi connectivity index (χ3n) is 13.4. The molecule has 0 aromatic carbocycles. The molecule has 2 aliphatic rings. The Morgan fingerprint density at radius 2 is 0.886 bits per heavy atom. The Morgan fingerprint density at radius 3 is 1.40 bits per heavy atom. The lowest BCUT2D eigenvalue weighted by Crippen LogP contribution is -2.61. The van der Waals surface area contributed by atoms with E-state index in [1.165, 1.54) is 135 Å². The molecule has 2 aliphatic heterocycles. The molecule has 2 saturated heterocycles. The molecule has 2 heterocycles. The molecule has 14 heteroatoms. The smallest absolute Gasteiger partial charge is 0.306 e. The lowest BCUT2D eigenvalue weighted by Gasteiger charge is -2.42. The zero-order chi connectivity index (χ0) is 50.9. The summed E-state index contributed by atoms with van der Waals surface area (Å²) >= 11 is 0. The monoisotopic (exact) mass is 999 g/mol. The molecule has 11 atom stereocenters. The van der Waals surface area contributed by atoms with Crippen molar-refractivity contribution in [2.45, 2.75) is 280 Å². The summed E-state index contributed by atoms with van der Waals surface area (Å²) in [6.07, 6.45) is 33.4. The number of esters is 1. The van der Waals surface area contributed by atoms with Gasteiger partial charge in [-0.3, -0.25) is 4.79 Å². The van der Waals surface area contributed by atoms with Crippen LogP contribution in [0.2, 0.25) is 0 Å². The first-order valence-corrected chi connectivity index (χ1v) is 28.1. The Kier molecular flexibility index (Phi) is 40.1. The minimum absolute atomic E-state index is 0.0573. The Balaban J connectivity index is 1.74. The normalized spacial score (nSPS) is 25.7. The Morgan fingerprint density at radius 1 is 0.471 bits per heavy atom. The van der Waals surface area contributed by atoms with Crippen molar-refractivity contribution < 1.29 is 69.0 Å². The fourth-order valence-electron chi connectivity index (χ4n) is 8.78. The average molecular weight is 999 g/mol. The summed E-state index contributed by atoms with van der Waals surface area (Å²) < 4.78 is 34.4. The van der Waals surface area contributed by atoms with Gasteiger partial charge in [-0.1, -0.05) is 172 Å². The number of allylic oxidation sites excluding steroid dienone is 6. The number of hydrogen-bond acceptors (Lipinski definition) is 14. The molecule has 70 heavy (non-hydrogen) atoms. The highest BCUT2D eigenvalue weighted by Crippen LogP contribution is 2.26. The number of unbranched alkanes of at least 4 members (excludes halogenated alkanes) is 25. The van der Waals surface area contributed by atoms with Crippen LogP contribution in [0.25, 0.3) is 0 Å². The van der Waals surface area contributed by atoms with E-state index < -0.39 is 80.7 Å². The van der Waals surface area contributed by atoms with Crippen molar-refractivity contribution in [3.63, 3.8) is 0 Å². The third-order valence-corrected chi connectivity index (χ3v) is 13.4. The van der Waals surface area contributed by atoms with E-state index in [4.69, 9.17) is 28.4 Å². The zero-order valence-corrected chi connectivity index (χ0v) is 43.8. The van der Waals surface area contributed by atoms with Crippen LogP contribution in [-0.2, 0) is 33.2 Å². The lowest BCUT2D eigenvalue weighted by molar-refractivity contribution is -0.332. The van der Waals surface area contributed by atoms with Gasteiger partial charge in [0.2, 0.25) is 0 Å². The first-order chi connectivity index (χ1) is 34.1. The second kappa shape index (κ2) is 43.6. The van der Waals surface area contributed by atoms with Gasteiger partial charge in [-0.05, 0) is 70.6 Å². The molecule has 0 spiro atoms. The van der Waals surface area contributed by atoms with Crippen LogP contribution in [0.1, 0.15) is 213 Å². The molecule has 0 radical (unpaired) electrons. The Hall–Kier alpha value is -1.79. The molecule has 14 nitrogen and oxygen atoms in total. The SMILES string of the molecule is CCCCCC/C=C\C/C=C\CCCCCCCCCC(=O)OC(COCCCCCCCCCC/C=C\CCCCCCCC)COC1OC(COC2OC(CO)C(O)C(O)C2O)C(O)C(O)C1O. The van der Waals surface area contributed by atoms with Gasteiger partial charge in [-0.25, -0.2) is 0 Å². The summed E-state index contributed by atoms with van der Waals surface area (Å²) in [5.74, 6) is -0.383. The van der Waals surface area contributed by atoms with Crippen molar-refractivity contribution in [1.29, 1.82) is 0 Å². The van der Waals surface area contributed by atoms with Crippen LogP contribution in [0.5, 0.6) is 0 Å². The maximum Gasteiger partial charge on any atom is 0.306 e. The number of aliphatic hydroxyl groups excluding tert-OH is 7. The molecule has 2 fully saturated rings. The number of aliphatic hydroxyl groups is 7. The molecular formula is C56H102O14. The average Bonchev–Trinajstić information content (AvgIpc) is 3.36. The van der Waals surface area contributed by atoms with Crippen molar-refractivity contribution in [2.24, 2.45) is 0 Å². The van der Waals surface area contributed by atoms with Gasteiger partial charge < -0.3 is 64.2 Å². The summed E-state index contributed by atoms with van der Waals surface area (Å²) in [6, 6.07) is 0. The second-order valence-electron chi connectivity index (χ2n) is 19.8. The number of ether oxygens (including phenoxy) is 6. The first kappa shape index (κ1) is 64.3. The van der Waals surface area contributed by atoms with Crippen molar-refractivity contribution >= 4 is 5.97 Å². The summed E-state index contributed by atoms with van der Waals surface area (Å²) in [6.45, 7) is 3.67. The van der Waals surface area contributed by atoms with Gasteiger partial charge >= 0.3 is 5.97 Å². The van der Waals surface area contributed by atoms with Gasteiger partial charge in [-0.15, -0.1) is 0 Å². The van der Waals surface area contributed by atoms with E-state index >= 15 is 0 Å². The Labute approximate surface area is 423 Å². The van der Waals surface area contributed by atoms with E-state index in [1.54, 1.807) is 0 Å². The van der Waals surface area contributed by atoms with Gasteiger partial charge in [0.25, 0.3) is 0 Å². The van der Waals surface area contributed by atoms with Gasteiger partial charge in [0.15, 0.2) is 12.6 Å². The molecule has 0 aromatic rings. The second-order valence-corrected chi connectivity index (χ2v) is 19.8. The van der Waals surface area contributed by atoms with Crippen molar-refractivity contribution in [1.82, 2.24) is 0 Å². The molecule has 2 rings (SSSR count). The Bertz CT molecular complexity index is 1300. The highest BCUT2D eigenvalue weighted by molar-refractivity contribution is 5.69. The zero-order valence-electron chi connectivity index (χ0n) is 43.8. The largest absolute Gasteiger partial charge is 0.457 e. The van der Waals surface area contributed by atoms with E-state index in [2.05, 4.69) is 50.3 Å². The maximum atomic E-state index is 13.0. The quantitative estimate of drug-likeness (QED) is 0.0172. The summed E-state index contributed by atoms with van der Waals surface area (Å²) in [5, 5.41) is 72.3. The van der Waals surface area contributed by atoms with Gasteiger partial charge in [0, 0.05) is 13.0 Å². The molecule has 11 unspecified atom stereocenters. The summed E-state index contributed by atoms with van der Waals surface area (Å²) in [4.78, 5) is 13.0. The summed E-state index contributed by atoms with van der Waals surface area (Å²) in [5.41, 5.74) is 0. The fraction of sp³-hybridized carbons (Fsp3) is 0.875. The number of carbonyl (C=O) groups excluding carboxylic acids is 1. The van der Waals surface area contributed by atoms with Crippen LogP contribution < -0.4 is 0 Å². The fourth-order valence-corrected chi connectivity index (χ4v) is 8.78. The highest BCUT2D eigenvalue weighted by atomic mass is 16.7. The molecule has 0 bridgehead atoms. The van der Waals surface area contributed by atoms with Crippen molar-refractivity contribution in [2.75, 3.05) is 33.0 Å². The molecule has 410 valence electrons. The van der Waals surface area contributed by atoms with Gasteiger partial charge in [0.1, 0.15) is 54.9 Å². The topological polar surface area (TPSA) is 214 Å². The van der Waals surface area contributed by atoms with E-state index in [0.29, 0.717) is 13.0 Å². The molecule has 0 saturated carbocycles. The molecule has 0 aromatic heterocycles. The molecular weight excluding hydrogens is 897 g/mol. The van der Waals surface area contributed by atoms with E-state index in [0.717, 1.165) is 51.4 Å². The third kappa shape index (κ3) is 30.4.